The van der Waals surface area contributed by atoms with Gasteiger partial charge in [0.1, 0.15) is 5.75 Å². The molecule has 1 atom stereocenters. The Labute approximate surface area is 149 Å². The normalized spacial score (nSPS) is 12.4. The highest BCUT2D eigenvalue weighted by atomic mass is 16.5. The molecule has 0 heterocycles. The van der Waals surface area contributed by atoms with Crippen LogP contribution in [-0.2, 0) is 11.2 Å². The minimum Gasteiger partial charge on any atom is -0.497 e. The SMILES string of the molecule is COc1ccc(C=NNC(=O)C(C)c2ccc(CC(C)C)cc2)cc1. The number of carbonyl (C=O) groups is 1. The van der Waals surface area contributed by atoms with Gasteiger partial charge >= 0.3 is 0 Å². The Hall–Kier alpha value is -2.62. The number of nitrogens with zero attached hydrogens (tertiary/aromatic N) is 1. The fraction of sp³-hybridized carbons (Fsp3) is 0.333. The van der Waals surface area contributed by atoms with Gasteiger partial charge in [0.25, 0.3) is 0 Å². The van der Waals surface area contributed by atoms with Gasteiger partial charge in [-0.15, -0.1) is 0 Å². The number of rotatable bonds is 7. The second-order valence-corrected chi connectivity index (χ2v) is 6.57. The molecule has 0 aliphatic carbocycles. The molecule has 0 saturated heterocycles. The van der Waals surface area contributed by atoms with Crippen LogP contribution in [0.1, 0.15) is 43.4 Å². The predicted octanol–water partition coefficient (Wildman–Crippen LogP) is 4.15. The van der Waals surface area contributed by atoms with Crippen LogP contribution < -0.4 is 10.2 Å². The molecule has 1 unspecified atom stereocenters. The molecule has 2 rings (SSSR count). The second kappa shape index (κ2) is 9.02. The van der Waals surface area contributed by atoms with E-state index in [0.717, 1.165) is 23.3 Å². The van der Waals surface area contributed by atoms with Crippen molar-refractivity contribution >= 4 is 12.1 Å². The number of methoxy groups -OCH3 is 1. The molecule has 0 aliphatic rings. The number of ether oxygens (including phenoxy) is 1. The van der Waals surface area contributed by atoms with Crippen molar-refractivity contribution in [3.05, 3.63) is 65.2 Å². The van der Waals surface area contributed by atoms with E-state index in [1.807, 2.05) is 43.3 Å². The third-order valence-corrected chi connectivity index (χ3v) is 4.02. The minimum absolute atomic E-state index is 0.124. The monoisotopic (exact) mass is 338 g/mol. The van der Waals surface area contributed by atoms with Gasteiger partial charge in [-0.3, -0.25) is 4.79 Å². The van der Waals surface area contributed by atoms with Gasteiger partial charge in [-0.1, -0.05) is 38.1 Å². The summed E-state index contributed by atoms with van der Waals surface area (Å²) in [5, 5.41) is 4.04. The van der Waals surface area contributed by atoms with E-state index < -0.39 is 0 Å². The topological polar surface area (TPSA) is 50.7 Å². The van der Waals surface area contributed by atoms with Crippen molar-refractivity contribution in [2.24, 2.45) is 11.0 Å². The van der Waals surface area contributed by atoms with E-state index in [1.54, 1.807) is 13.3 Å². The van der Waals surface area contributed by atoms with Gasteiger partial charge in [-0.2, -0.15) is 5.10 Å². The van der Waals surface area contributed by atoms with Crippen LogP contribution in [-0.4, -0.2) is 19.2 Å². The van der Waals surface area contributed by atoms with E-state index in [9.17, 15) is 4.79 Å². The third kappa shape index (κ3) is 5.75. The average molecular weight is 338 g/mol. The van der Waals surface area contributed by atoms with Crippen molar-refractivity contribution < 1.29 is 9.53 Å². The molecular weight excluding hydrogens is 312 g/mol. The molecule has 0 aliphatic heterocycles. The molecule has 132 valence electrons. The zero-order valence-electron chi connectivity index (χ0n) is 15.3. The zero-order chi connectivity index (χ0) is 18.2. The van der Waals surface area contributed by atoms with Crippen LogP contribution >= 0.6 is 0 Å². The second-order valence-electron chi connectivity index (χ2n) is 6.57. The van der Waals surface area contributed by atoms with E-state index in [0.29, 0.717) is 5.92 Å². The Morgan fingerprint density at radius 1 is 1.08 bits per heavy atom. The van der Waals surface area contributed by atoms with Crippen LogP contribution in [0.25, 0.3) is 0 Å². The van der Waals surface area contributed by atoms with Gasteiger partial charge in [0.05, 0.1) is 19.2 Å². The van der Waals surface area contributed by atoms with Gasteiger partial charge in [0, 0.05) is 0 Å². The van der Waals surface area contributed by atoms with Gasteiger partial charge in [-0.05, 0) is 60.2 Å². The first-order valence-corrected chi connectivity index (χ1v) is 8.55. The average Bonchev–Trinajstić information content (AvgIpc) is 2.61. The summed E-state index contributed by atoms with van der Waals surface area (Å²) in [5.74, 6) is 1.04. The van der Waals surface area contributed by atoms with Crippen LogP contribution in [0.4, 0.5) is 0 Å². The quantitative estimate of drug-likeness (QED) is 0.609. The number of hydrogen-bond donors (Lipinski definition) is 1. The Morgan fingerprint density at radius 2 is 1.72 bits per heavy atom. The maximum atomic E-state index is 12.3. The lowest BCUT2D eigenvalue weighted by molar-refractivity contribution is -0.122. The first-order chi connectivity index (χ1) is 12.0. The molecule has 0 fully saturated rings. The van der Waals surface area contributed by atoms with Crippen LogP contribution in [0, 0.1) is 5.92 Å². The van der Waals surface area contributed by atoms with Crippen LogP contribution in [0.2, 0.25) is 0 Å². The summed E-state index contributed by atoms with van der Waals surface area (Å²) in [6.45, 7) is 6.28. The number of carbonyl (C=O) groups excluding carboxylic acids is 1. The molecule has 4 nitrogen and oxygen atoms in total. The van der Waals surface area contributed by atoms with Crippen molar-refractivity contribution in [1.29, 1.82) is 0 Å². The molecule has 0 radical (unpaired) electrons. The fourth-order valence-electron chi connectivity index (χ4n) is 2.52. The van der Waals surface area contributed by atoms with Crippen LogP contribution in [0.15, 0.2) is 53.6 Å². The Morgan fingerprint density at radius 3 is 2.28 bits per heavy atom. The van der Waals surface area contributed by atoms with E-state index in [4.69, 9.17) is 4.74 Å². The van der Waals surface area contributed by atoms with Crippen molar-refractivity contribution in [2.45, 2.75) is 33.1 Å². The summed E-state index contributed by atoms with van der Waals surface area (Å²) in [6.07, 6.45) is 2.67. The molecule has 2 aromatic rings. The molecule has 1 amide bonds. The van der Waals surface area contributed by atoms with Gasteiger partial charge in [0.2, 0.25) is 5.91 Å². The van der Waals surface area contributed by atoms with Crippen LogP contribution in [0.3, 0.4) is 0 Å². The highest BCUT2D eigenvalue weighted by Gasteiger charge is 2.14. The summed E-state index contributed by atoms with van der Waals surface area (Å²) in [4.78, 5) is 12.3. The summed E-state index contributed by atoms with van der Waals surface area (Å²) in [7, 11) is 1.63. The summed E-state index contributed by atoms with van der Waals surface area (Å²) in [5.41, 5.74) is 5.78. The lowest BCUT2D eigenvalue weighted by atomic mass is 9.96. The zero-order valence-corrected chi connectivity index (χ0v) is 15.3. The highest BCUT2D eigenvalue weighted by molar-refractivity contribution is 5.85. The Kier molecular flexibility index (Phi) is 6.75. The maximum absolute atomic E-state index is 12.3. The van der Waals surface area contributed by atoms with Gasteiger partial charge in [0.15, 0.2) is 0 Å². The van der Waals surface area contributed by atoms with Crippen LogP contribution in [0.5, 0.6) is 5.75 Å². The Balaban J connectivity index is 1.91. The van der Waals surface area contributed by atoms with Gasteiger partial charge in [-0.25, -0.2) is 5.43 Å². The molecule has 2 aromatic carbocycles. The molecule has 0 bridgehead atoms. The van der Waals surface area contributed by atoms with Crippen molar-refractivity contribution in [2.75, 3.05) is 7.11 Å². The molecule has 0 saturated carbocycles. The number of hydrazone groups is 1. The molecule has 0 spiro atoms. The van der Waals surface area contributed by atoms with Crippen molar-refractivity contribution in [3.8, 4) is 5.75 Å². The predicted molar refractivity (Wildman–Crippen MR) is 102 cm³/mol. The number of hydrogen-bond acceptors (Lipinski definition) is 3. The lowest BCUT2D eigenvalue weighted by Gasteiger charge is -2.11. The maximum Gasteiger partial charge on any atom is 0.247 e. The standard InChI is InChI=1S/C21H26N2O2/c1-15(2)13-17-5-9-19(10-6-17)16(3)21(24)23-22-14-18-7-11-20(25-4)12-8-18/h5-12,14-16H,13H2,1-4H3,(H,23,24). The molecule has 1 N–H and O–H groups in total. The summed E-state index contributed by atoms with van der Waals surface area (Å²) >= 11 is 0. The number of amides is 1. The van der Waals surface area contributed by atoms with E-state index >= 15 is 0 Å². The first-order valence-electron chi connectivity index (χ1n) is 8.55. The van der Waals surface area contributed by atoms with E-state index in [1.165, 1.54) is 5.56 Å². The molecule has 0 aromatic heterocycles. The summed E-state index contributed by atoms with van der Waals surface area (Å²) < 4.78 is 5.11. The lowest BCUT2D eigenvalue weighted by Crippen LogP contribution is -2.23. The largest absolute Gasteiger partial charge is 0.497 e. The minimum atomic E-state index is -0.249. The number of benzene rings is 2. The smallest absolute Gasteiger partial charge is 0.247 e. The first kappa shape index (κ1) is 18.7. The van der Waals surface area contributed by atoms with E-state index in [-0.39, 0.29) is 11.8 Å². The summed E-state index contributed by atoms with van der Waals surface area (Å²) in [6, 6.07) is 15.7. The molecule has 4 heteroatoms. The highest BCUT2D eigenvalue weighted by Crippen LogP contribution is 2.17. The van der Waals surface area contributed by atoms with Crippen molar-refractivity contribution in [1.82, 2.24) is 5.43 Å². The Bertz CT molecular complexity index is 704. The fourth-order valence-corrected chi connectivity index (χ4v) is 2.52. The van der Waals surface area contributed by atoms with Gasteiger partial charge < -0.3 is 4.74 Å². The third-order valence-electron chi connectivity index (χ3n) is 4.02. The van der Waals surface area contributed by atoms with E-state index in [2.05, 4.69) is 36.5 Å². The molecular formula is C21H26N2O2. The van der Waals surface area contributed by atoms with Crippen molar-refractivity contribution in [3.63, 3.8) is 0 Å². The molecule has 25 heavy (non-hydrogen) atoms. The number of nitrogens with one attached hydrogen (secondary N) is 1.